The SMILES string of the molecule is CC(Nc1ccc(S(=O)(=O)N(C)C)cc1)C(N)=O. The Morgan fingerprint density at radius 2 is 1.78 bits per heavy atom. The number of carbonyl (C=O) groups is 1. The molecule has 6 nitrogen and oxygen atoms in total. The Labute approximate surface area is 107 Å². The van der Waals surface area contributed by atoms with Crippen LogP contribution in [0.25, 0.3) is 0 Å². The normalized spacial score (nSPS) is 13.3. The van der Waals surface area contributed by atoms with E-state index in [1.165, 1.54) is 26.2 Å². The Kier molecular flexibility index (Phi) is 4.31. The van der Waals surface area contributed by atoms with Crippen LogP contribution in [-0.4, -0.2) is 38.8 Å². The second kappa shape index (κ2) is 5.36. The number of nitrogens with one attached hydrogen (secondary N) is 1. The smallest absolute Gasteiger partial charge is 0.242 e. The van der Waals surface area contributed by atoms with Gasteiger partial charge in [0.25, 0.3) is 0 Å². The van der Waals surface area contributed by atoms with Gasteiger partial charge in [-0.05, 0) is 31.2 Å². The summed E-state index contributed by atoms with van der Waals surface area (Å²) in [4.78, 5) is 11.1. The van der Waals surface area contributed by atoms with Gasteiger partial charge in [0.1, 0.15) is 6.04 Å². The maximum Gasteiger partial charge on any atom is 0.242 e. The number of nitrogens with zero attached hydrogens (tertiary/aromatic N) is 1. The fraction of sp³-hybridized carbons (Fsp3) is 0.364. The molecule has 0 saturated heterocycles. The lowest BCUT2D eigenvalue weighted by atomic mass is 10.2. The third-order valence-corrected chi connectivity index (χ3v) is 4.27. The van der Waals surface area contributed by atoms with Gasteiger partial charge in [-0.3, -0.25) is 4.79 Å². The van der Waals surface area contributed by atoms with Crippen LogP contribution in [0, 0.1) is 0 Å². The Hall–Kier alpha value is -1.60. The van der Waals surface area contributed by atoms with Crippen LogP contribution < -0.4 is 11.1 Å². The molecule has 0 aromatic heterocycles. The third-order valence-electron chi connectivity index (χ3n) is 2.44. The van der Waals surface area contributed by atoms with Crippen LogP contribution in [0.2, 0.25) is 0 Å². The molecule has 1 rings (SSSR count). The van der Waals surface area contributed by atoms with E-state index in [9.17, 15) is 13.2 Å². The summed E-state index contributed by atoms with van der Waals surface area (Å²) in [5, 5.41) is 2.87. The van der Waals surface area contributed by atoms with Gasteiger partial charge in [-0.15, -0.1) is 0 Å². The molecule has 0 aliphatic carbocycles. The molecule has 100 valence electrons. The molecule has 1 aromatic rings. The van der Waals surface area contributed by atoms with Crippen molar-refractivity contribution in [1.82, 2.24) is 4.31 Å². The topological polar surface area (TPSA) is 92.5 Å². The van der Waals surface area contributed by atoms with Gasteiger partial charge >= 0.3 is 0 Å². The fourth-order valence-electron chi connectivity index (χ4n) is 1.26. The molecule has 1 amide bonds. The monoisotopic (exact) mass is 271 g/mol. The van der Waals surface area contributed by atoms with E-state index in [0.717, 1.165) is 4.31 Å². The first-order chi connectivity index (χ1) is 8.25. The molecule has 7 heteroatoms. The molecule has 0 heterocycles. The number of nitrogens with two attached hydrogens (primary N) is 1. The highest BCUT2D eigenvalue weighted by atomic mass is 32.2. The quantitative estimate of drug-likeness (QED) is 0.801. The highest BCUT2D eigenvalue weighted by Crippen LogP contribution is 2.16. The van der Waals surface area contributed by atoms with Crippen molar-refractivity contribution in [3.8, 4) is 0 Å². The highest BCUT2D eigenvalue weighted by molar-refractivity contribution is 7.89. The van der Waals surface area contributed by atoms with E-state index < -0.39 is 22.0 Å². The summed E-state index contributed by atoms with van der Waals surface area (Å²) in [5.41, 5.74) is 5.76. The van der Waals surface area contributed by atoms with Crippen molar-refractivity contribution in [3.63, 3.8) is 0 Å². The highest BCUT2D eigenvalue weighted by Gasteiger charge is 2.16. The van der Waals surface area contributed by atoms with E-state index in [1.807, 2.05) is 0 Å². The molecule has 0 radical (unpaired) electrons. The summed E-state index contributed by atoms with van der Waals surface area (Å²) in [7, 11) is -0.487. The molecular formula is C11H17N3O3S. The van der Waals surface area contributed by atoms with Gasteiger partial charge in [0.05, 0.1) is 4.90 Å². The molecule has 1 unspecified atom stereocenters. The van der Waals surface area contributed by atoms with Crippen LogP contribution in [-0.2, 0) is 14.8 Å². The van der Waals surface area contributed by atoms with Crippen LogP contribution in [0.15, 0.2) is 29.2 Å². The van der Waals surface area contributed by atoms with Gasteiger partial charge in [-0.1, -0.05) is 0 Å². The van der Waals surface area contributed by atoms with Crippen molar-refractivity contribution in [1.29, 1.82) is 0 Å². The predicted molar refractivity (Wildman–Crippen MR) is 69.6 cm³/mol. The summed E-state index contributed by atoms with van der Waals surface area (Å²) in [6.07, 6.45) is 0. The molecule has 0 aliphatic rings. The summed E-state index contributed by atoms with van der Waals surface area (Å²) < 4.78 is 24.8. The summed E-state index contributed by atoms with van der Waals surface area (Å²) in [5.74, 6) is -0.472. The lowest BCUT2D eigenvalue weighted by Crippen LogP contribution is -2.32. The van der Waals surface area contributed by atoms with Crippen LogP contribution in [0.4, 0.5) is 5.69 Å². The second-order valence-electron chi connectivity index (χ2n) is 4.08. The minimum absolute atomic E-state index is 0.199. The van der Waals surface area contributed by atoms with Crippen LogP contribution >= 0.6 is 0 Å². The molecule has 1 atom stereocenters. The lowest BCUT2D eigenvalue weighted by molar-refractivity contribution is -0.118. The van der Waals surface area contributed by atoms with Gasteiger partial charge in [-0.2, -0.15) is 0 Å². The van der Waals surface area contributed by atoms with E-state index in [4.69, 9.17) is 5.73 Å². The van der Waals surface area contributed by atoms with Crippen LogP contribution in [0.1, 0.15) is 6.92 Å². The number of carbonyl (C=O) groups excluding carboxylic acids is 1. The Morgan fingerprint density at radius 3 is 2.17 bits per heavy atom. The first-order valence-electron chi connectivity index (χ1n) is 5.33. The average molecular weight is 271 g/mol. The molecule has 0 fully saturated rings. The Morgan fingerprint density at radius 1 is 1.28 bits per heavy atom. The predicted octanol–water partition coefficient (Wildman–Crippen LogP) is 0.223. The fourth-order valence-corrected chi connectivity index (χ4v) is 2.16. The number of hydrogen-bond donors (Lipinski definition) is 2. The lowest BCUT2D eigenvalue weighted by Gasteiger charge is -2.14. The van der Waals surface area contributed by atoms with E-state index >= 15 is 0 Å². The van der Waals surface area contributed by atoms with Gasteiger partial charge in [-0.25, -0.2) is 12.7 Å². The van der Waals surface area contributed by atoms with E-state index in [2.05, 4.69) is 5.32 Å². The number of anilines is 1. The number of amides is 1. The molecule has 0 saturated carbocycles. The Bertz CT molecular complexity index is 523. The van der Waals surface area contributed by atoms with E-state index in [1.54, 1.807) is 19.1 Å². The molecule has 18 heavy (non-hydrogen) atoms. The van der Waals surface area contributed by atoms with Crippen molar-refractivity contribution >= 4 is 21.6 Å². The first kappa shape index (κ1) is 14.5. The molecule has 3 N–H and O–H groups in total. The van der Waals surface area contributed by atoms with E-state index in [-0.39, 0.29) is 4.90 Å². The summed E-state index contributed by atoms with van der Waals surface area (Å²) in [6.45, 7) is 1.63. The number of benzene rings is 1. The van der Waals surface area contributed by atoms with Crippen molar-refractivity contribution < 1.29 is 13.2 Å². The number of rotatable bonds is 5. The number of hydrogen-bond acceptors (Lipinski definition) is 4. The first-order valence-corrected chi connectivity index (χ1v) is 6.77. The van der Waals surface area contributed by atoms with Crippen molar-refractivity contribution in [2.75, 3.05) is 19.4 Å². The second-order valence-corrected chi connectivity index (χ2v) is 6.23. The van der Waals surface area contributed by atoms with Crippen LogP contribution in [0.5, 0.6) is 0 Å². The largest absolute Gasteiger partial charge is 0.374 e. The summed E-state index contributed by atoms with van der Waals surface area (Å²) in [6, 6.07) is 5.63. The minimum atomic E-state index is -3.42. The third kappa shape index (κ3) is 3.21. The minimum Gasteiger partial charge on any atom is -0.374 e. The standard InChI is InChI=1S/C11H17N3O3S/c1-8(11(12)15)13-9-4-6-10(7-5-9)18(16,17)14(2)3/h4-8,13H,1-3H3,(H2,12,15). The van der Waals surface area contributed by atoms with E-state index in [0.29, 0.717) is 5.69 Å². The molecule has 0 bridgehead atoms. The zero-order chi connectivity index (χ0) is 13.9. The van der Waals surface area contributed by atoms with Gasteiger partial charge in [0, 0.05) is 19.8 Å². The number of sulfonamides is 1. The van der Waals surface area contributed by atoms with Crippen molar-refractivity contribution in [3.05, 3.63) is 24.3 Å². The van der Waals surface area contributed by atoms with Crippen molar-refractivity contribution in [2.45, 2.75) is 17.9 Å². The maximum atomic E-state index is 11.8. The molecular weight excluding hydrogens is 254 g/mol. The molecule has 0 spiro atoms. The summed E-state index contributed by atoms with van der Waals surface area (Å²) >= 11 is 0. The number of primary amides is 1. The zero-order valence-electron chi connectivity index (χ0n) is 10.5. The zero-order valence-corrected chi connectivity index (χ0v) is 11.4. The Balaban J connectivity index is 2.91. The van der Waals surface area contributed by atoms with Gasteiger partial charge < -0.3 is 11.1 Å². The average Bonchev–Trinajstić information content (AvgIpc) is 2.29. The molecule has 0 aliphatic heterocycles. The maximum absolute atomic E-state index is 11.8. The van der Waals surface area contributed by atoms with Gasteiger partial charge in [0.15, 0.2) is 0 Å². The van der Waals surface area contributed by atoms with Crippen molar-refractivity contribution in [2.24, 2.45) is 5.73 Å². The van der Waals surface area contributed by atoms with Crippen LogP contribution in [0.3, 0.4) is 0 Å². The molecule has 1 aromatic carbocycles. The van der Waals surface area contributed by atoms with Gasteiger partial charge in [0.2, 0.25) is 15.9 Å².